The number of rotatable bonds is 5. The zero-order chi connectivity index (χ0) is 23.7. The maximum atomic E-state index is 14.1. The molecule has 7 heteroatoms. The van der Waals surface area contributed by atoms with Gasteiger partial charge in [0.1, 0.15) is 24.0 Å². The summed E-state index contributed by atoms with van der Waals surface area (Å²) in [6, 6.07) is 23.5. The third kappa shape index (κ3) is 4.22. The summed E-state index contributed by atoms with van der Waals surface area (Å²) in [4.78, 5) is 17.7. The first-order valence-electron chi connectivity index (χ1n) is 10.6. The summed E-state index contributed by atoms with van der Waals surface area (Å²) in [5.41, 5.74) is 1.48. The van der Waals surface area contributed by atoms with Crippen LogP contribution in [0.15, 0.2) is 93.2 Å². The van der Waals surface area contributed by atoms with Crippen LogP contribution in [-0.2, 0) is 6.61 Å². The molecular weight excluding hydrogens is 497 g/mol. The van der Waals surface area contributed by atoms with Crippen LogP contribution in [0.4, 0.5) is 4.39 Å². The fourth-order valence-electron chi connectivity index (χ4n) is 3.82. The molecule has 5 aromatic rings. The highest BCUT2D eigenvalue weighted by atomic mass is 79.9. The topological polar surface area (TPSA) is 56.5 Å². The molecule has 4 aromatic carbocycles. The standard InChI is InChI=1S/C27H19BrFN3O2/c1-17-31-25-12-11-20(28)14-22(25)27(33)32(17)30-15-23-21-8-4-2-6-18(21)10-13-26(23)34-16-19-7-3-5-9-24(19)29/h2-15H,16H2,1H3. The molecule has 0 saturated heterocycles. The Balaban J connectivity index is 1.60. The Bertz CT molecular complexity index is 1630. The van der Waals surface area contributed by atoms with E-state index in [9.17, 15) is 9.18 Å². The largest absolute Gasteiger partial charge is 0.488 e. The fourth-order valence-corrected chi connectivity index (χ4v) is 4.18. The highest BCUT2D eigenvalue weighted by Gasteiger charge is 2.11. The van der Waals surface area contributed by atoms with Crippen molar-refractivity contribution in [2.75, 3.05) is 0 Å². The van der Waals surface area contributed by atoms with E-state index in [1.807, 2.05) is 42.5 Å². The second kappa shape index (κ2) is 9.19. The first-order chi connectivity index (χ1) is 16.5. The smallest absolute Gasteiger partial charge is 0.282 e. The van der Waals surface area contributed by atoms with E-state index in [1.54, 1.807) is 43.5 Å². The van der Waals surface area contributed by atoms with Crippen LogP contribution in [0.2, 0.25) is 0 Å². The SMILES string of the molecule is Cc1nc2ccc(Br)cc2c(=O)n1N=Cc1c(OCc2ccccc2F)ccc2ccccc12. The maximum absolute atomic E-state index is 14.1. The first-order valence-corrected chi connectivity index (χ1v) is 11.4. The van der Waals surface area contributed by atoms with Gasteiger partial charge in [0.2, 0.25) is 0 Å². The molecule has 0 bridgehead atoms. The molecule has 0 aliphatic heterocycles. The lowest BCUT2D eigenvalue weighted by atomic mass is 10.0. The Morgan fingerprint density at radius 3 is 2.68 bits per heavy atom. The average molecular weight is 516 g/mol. The van der Waals surface area contributed by atoms with Crippen LogP contribution in [0, 0.1) is 12.7 Å². The number of halogens is 2. The second-order valence-electron chi connectivity index (χ2n) is 7.76. The Hall–Kier alpha value is -3.84. The predicted octanol–water partition coefficient (Wildman–Crippen LogP) is 6.22. The van der Waals surface area contributed by atoms with E-state index >= 15 is 0 Å². The minimum atomic E-state index is -0.325. The lowest BCUT2D eigenvalue weighted by Gasteiger charge is -2.13. The molecule has 0 unspecified atom stereocenters. The van der Waals surface area contributed by atoms with Gasteiger partial charge in [-0.2, -0.15) is 9.78 Å². The van der Waals surface area contributed by atoms with Crippen molar-refractivity contribution in [1.82, 2.24) is 9.66 Å². The van der Waals surface area contributed by atoms with E-state index < -0.39 is 0 Å². The maximum Gasteiger partial charge on any atom is 0.282 e. The van der Waals surface area contributed by atoms with Crippen LogP contribution >= 0.6 is 15.9 Å². The molecule has 0 atom stereocenters. The van der Waals surface area contributed by atoms with Crippen molar-refractivity contribution >= 4 is 43.8 Å². The van der Waals surface area contributed by atoms with Gasteiger partial charge in [-0.25, -0.2) is 9.37 Å². The van der Waals surface area contributed by atoms with Crippen LogP contribution in [0.1, 0.15) is 17.0 Å². The third-order valence-corrected chi connectivity index (χ3v) is 6.04. The molecular formula is C27H19BrFN3O2. The van der Waals surface area contributed by atoms with E-state index in [2.05, 4.69) is 26.0 Å². The molecule has 0 fully saturated rings. The van der Waals surface area contributed by atoms with Crippen molar-refractivity contribution in [1.29, 1.82) is 0 Å². The normalized spacial score (nSPS) is 11.5. The van der Waals surface area contributed by atoms with Gasteiger partial charge in [0, 0.05) is 15.6 Å². The number of ether oxygens (including phenoxy) is 1. The molecule has 0 aliphatic rings. The van der Waals surface area contributed by atoms with Crippen LogP contribution in [0.25, 0.3) is 21.7 Å². The van der Waals surface area contributed by atoms with Gasteiger partial charge in [-0.05, 0) is 48.0 Å². The molecule has 5 rings (SSSR count). The summed E-state index contributed by atoms with van der Waals surface area (Å²) in [6.45, 7) is 1.80. The van der Waals surface area contributed by atoms with E-state index in [0.29, 0.717) is 33.6 Å². The molecule has 0 radical (unpaired) electrons. The average Bonchev–Trinajstić information content (AvgIpc) is 2.84. The van der Waals surface area contributed by atoms with Crippen molar-refractivity contribution in [3.63, 3.8) is 0 Å². The molecule has 1 heterocycles. The van der Waals surface area contributed by atoms with Crippen LogP contribution in [0.5, 0.6) is 5.75 Å². The minimum Gasteiger partial charge on any atom is -0.488 e. The summed E-state index contributed by atoms with van der Waals surface area (Å²) >= 11 is 3.41. The van der Waals surface area contributed by atoms with Gasteiger partial charge in [0.25, 0.3) is 5.56 Å². The zero-order valence-corrected chi connectivity index (χ0v) is 19.8. The van der Waals surface area contributed by atoms with Gasteiger partial charge in [-0.15, -0.1) is 0 Å². The van der Waals surface area contributed by atoms with Gasteiger partial charge in [0.15, 0.2) is 0 Å². The fraction of sp³-hybridized carbons (Fsp3) is 0.0741. The summed E-state index contributed by atoms with van der Waals surface area (Å²) < 4.78 is 22.2. The zero-order valence-electron chi connectivity index (χ0n) is 18.2. The lowest BCUT2D eigenvalue weighted by molar-refractivity contribution is 0.300. The van der Waals surface area contributed by atoms with Crippen molar-refractivity contribution in [2.45, 2.75) is 13.5 Å². The number of benzene rings is 4. The van der Waals surface area contributed by atoms with Crippen LogP contribution < -0.4 is 10.3 Å². The number of hydrogen-bond donors (Lipinski definition) is 0. The summed E-state index contributed by atoms with van der Waals surface area (Å²) in [6.07, 6.45) is 1.60. The second-order valence-corrected chi connectivity index (χ2v) is 8.68. The Kier molecular flexibility index (Phi) is 5.94. The van der Waals surface area contributed by atoms with Crippen molar-refractivity contribution in [2.24, 2.45) is 5.10 Å². The quantitative estimate of drug-likeness (QED) is 0.261. The number of nitrogens with zero attached hydrogens (tertiary/aromatic N) is 3. The van der Waals surface area contributed by atoms with E-state index in [0.717, 1.165) is 15.2 Å². The predicted molar refractivity (Wildman–Crippen MR) is 136 cm³/mol. The van der Waals surface area contributed by atoms with Gasteiger partial charge in [0.05, 0.1) is 17.1 Å². The van der Waals surface area contributed by atoms with Crippen molar-refractivity contribution in [3.05, 3.63) is 116 Å². The minimum absolute atomic E-state index is 0.0659. The monoisotopic (exact) mass is 515 g/mol. The molecule has 5 nitrogen and oxygen atoms in total. The third-order valence-electron chi connectivity index (χ3n) is 5.54. The van der Waals surface area contributed by atoms with Gasteiger partial charge in [-0.3, -0.25) is 4.79 Å². The highest BCUT2D eigenvalue weighted by molar-refractivity contribution is 9.10. The van der Waals surface area contributed by atoms with Gasteiger partial charge < -0.3 is 4.74 Å². The van der Waals surface area contributed by atoms with Crippen LogP contribution in [-0.4, -0.2) is 15.9 Å². The molecule has 168 valence electrons. The Morgan fingerprint density at radius 1 is 1.03 bits per heavy atom. The molecule has 1 aromatic heterocycles. The number of aryl methyl sites for hydroxylation is 1. The molecule has 0 amide bonds. The Labute approximate surface area is 203 Å². The number of aromatic nitrogens is 2. The molecule has 34 heavy (non-hydrogen) atoms. The van der Waals surface area contributed by atoms with Gasteiger partial charge in [-0.1, -0.05) is 64.5 Å². The van der Waals surface area contributed by atoms with Gasteiger partial charge >= 0.3 is 0 Å². The highest BCUT2D eigenvalue weighted by Crippen LogP contribution is 2.28. The molecule has 0 saturated carbocycles. The lowest BCUT2D eigenvalue weighted by Crippen LogP contribution is -2.20. The number of hydrogen-bond acceptors (Lipinski definition) is 4. The molecule has 0 spiro atoms. The first kappa shape index (κ1) is 22.0. The van der Waals surface area contributed by atoms with Crippen LogP contribution in [0.3, 0.4) is 0 Å². The Morgan fingerprint density at radius 2 is 1.82 bits per heavy atom. The molecule has 0 aliphatic carbocycles. The number of fused-ring (bicyclic) bond motifs is 2. The molecule has 0 N–H and O–H groups in total. The van der Waals surface area contributed by atoms with Crippen molar-refractivity contribution < 1.29 is 9.13 Å². The summed E-state index contributed by atoms with van der Waals surface area (Å²) in [5, 5.41) is 6.84. The van der Waals surface area contributed by atoms with E-state index in [1.165, 1.54) is 10.7 Å². The van der Waals surface area contributed by atoms with Crippen molar-refractivity contribution in [3.8, 4) is 5.75 Å². The van der Waals surface area contributed by atoms with E-state index in [4.69, 9.17) is 4.74 Å². The summed E-state index contributed by atoms with van der Waals surface area (Å²) in [5.74, 6) is 0.673. The van der Waals surface area contributed by atoms with E-state index in [-0.39, 0.29) is 18.0 Å². The summed E-state index contributed by atoms with van der Waals surface area (Å²) in [7, 11) is 0.